The molecule has 2 aromatic rings. The number of likely N-dealkylation sites (N-methyl/N-ethyl adjacent to an activating group) is 1. The van der Waals surface area contributed by atoms with Gasteiger partial charge >= 0.3 is 0 Å². The van der Waals surface area contributed by atoms with Crippen molar-refractivity contribution in [3.05, 3.63) is 59.9 Å². The smallest absolute Gasteiger partial charge is 0.191 e. The fourth-order valence-corrected chi connectivity index (χ4v) is 3.32. The number of benzene rings is 1. The molecule has 2 rings (SSSR count). The number of hydrogen-bond donors (Lipinski definition) is 2. The van der Waals surface area contributed by atoms with Gasteiger partial charge in [0.2, 0.25) is 0 Å². The first-order valence-corrected chi connectivity index (χ1v) is 10.5. The van der Waals surface area contributed by atoms with Crippen LogP contribution in [0.15, 0.2) is 53.7 Å². The Morgan fingerprint density at radius 1 is 1.10 bits per heavy atom. The number of pyridine rings is 1. The van der Waals surface area contributed by atoms with Gasteiger partial charge in [0.15, 0.2) is 5.96 Å². The van der Waals surface area contributed by atoms with Crippen molar-refractivity contribution in [1.82, 2.24) is 20.5 Å². The van der Waals surface area contributed by atoms with Gasteiger partial charge in [-0.05, 0) is 49.8 Å². The predicted octanol–water partition coefficient (Wildman–Crippen LogP) is 3.89. The molecule has 0 aliphatic carbocycles. The van der Waals surface area contributed by atoms with Crippen molar-refractivity contribution in [3.8, 4) is 5.75 Å². The van der Waals surface area contributed by atoms with Gasteiger partial charge in [-0.15, -0.1) is 24.0 Å². The molecule has 1 unspecified atom stereocenters. The molecule has 1 atom stereocenters. The Balaban J connectivity index is 0.00000450. The summed E-state index contributed by atoms with van der Waals surface area (Å²) in [5.74, 6) is 1.72. The lowest BCUT2D eigenvalue weighted by molar-refractivity contribution is 0.224. The average molecular weight is 525 g/mol. The van der Waals surface area contributed by atoms with Crippen LogP contribution in [0.5, 0.6) is 5.75 Å². The van der Waals surface area contributed by atoms with E-state index in [9.17, 15) is 0 Å². The second-order valence-corrected chi connectivity index (χ2v) is 6.73. The van der Waals surface area contributed by atoms with E-state index in [0.29, 0.717) is 6.54 Å². The molecule has 0 amide bonds. The summed E-state index contributed by atoms with van der Waals surface area (Å²) in [6.07, 6.45) is 2.69. The van der Waals surface area contributed by atoms with E-state index in [4.69, 9.17) is 9.73 Å². The summed E-state index contributed by atoms with van der Waals surface area (Å²) in [5, 5.41) is 6.78. The van der Waals surface area contributed by atoms with Gasteiger partial charge in [-0.25, -0.2) is 0 Å². The Morgan fingerprint density at radius 3 is 2.53 bits per heavy atom. The van der Waals surface area contributed by atoms with Crippen LogP contribution < -0.4 is 15.4 Å². The summed E-state index contributed by atoms with van der Waals surface area (Å²) in [7, 11) is 1.71. The summed E-state index contributed by atoms with van der Waals surface area (Å²) in [4.78, 5) is 11.7. The molecule has 0 bridgehead atoms. The molecule has 2 N–H and O–H groups in total. The van der Waals surface area contributed by atoms with E-state index in [1.165, 1.54) is 5.56 Å². The van der Waals surface area contributed by atoms with Gasteiger partial charge in [-0.2, -0.15) is 0 Å². The number of nitrogens with zero attached hydrogens (tertiary/aromatic N) is 3. The molecular weight excluding hydrogens is 489 g/mol. The zero-order valence-corrected chi connectivity index (χ0v) is 20.9. The Hall–Kier alpha value is -1.87. The van der Waals surface area contributed by atoms with Crippen molar-refractivity contribution < 1.29 is 4.74 Å². The Bertz CT molecular complexity index is 737. The predicted molar refractivity (Wildman–Crippen MR) is 136 cm³/mol. The number of ether oxygens (including phenoxy) is 1. The van der Waals surface area contributed by atoms with E-state index in [1.54, 1.807) is 7.11 Å². The Labute approximate surface area is 198 Å². The van der Waals surface area contributed by atoms with Crippen molar-refractivity contribution in [2.75, 3.05) is 39.8 Å². The molecule has 0 saturated carbocycles. The summed E-state index contributed by atoms with van der Waals surface area (Å²) < 4.78 is 5.43. The quantitative estimate of drug-likeness (QED) is 0.265. The molecule has 0 aliphatic rings. The van der Waals surface area contributed by atoms with Gasteiger partial charge < -0.3 is 15.4 Å². The number of guanidine groups is 1. The molecule has 0 fully saturated rings. The van der Waals surface area contributed by atoms with Crippen molar-refractivity contribution in [1.29, 1.82) is 0 Å². The molecule has 0 aliphatic heterocycles. The lowest BCUT2D eigenvalue weighted by atomic mass is 10.0. The van der Waals surface area contributed by atoms with Gasteiger partial charge in [0.1, 0.15) is 5.75 Å². The fraction of sp³-hybridized carbons (Fsp3) is 0.478. The minimum absolute atomic E-state index is 0. The average Bonchev–Trinajstić information content (AvgIpc) is 2.77. The van der Waals surface area contributed by atoms with E-state index < -0.39 is 0 Å². The maximum atomic E-state index is 5.43. The highest BCUT2D eigenvalue weighted by molar-refractivity contribution is 14.0. The third-order valence-electron chi connectivity index (χ3n) is 4.90. The SMILES string of the molecule is CCNC(=NCC(c1cccc(OC)c1)N(CC)CC)NCCc1ccccn1.I. The summed E-state index contributed by atoms with van der Waals surface area (Å²) in [5.41, 5.74) is 2.30. The largest absolute Gasteiger partial charge is 0.497 e. The fourth-order valence-electron chi connectivity index (χ4n) is 3.32. The molecule has 0 saturated heterocycles. The van der Waals surface area contributed by atoms with Crippen LogP contribution in [0.2, 0.25) is 0 Å². The lowest BCUT2D eigenvalue weighted by Crippen LogP contribution is -2.39. The van der Waals surface area contributed by atoms with Crippen LogP contribution >= 0.6 is 24.0 Å². The van der Waals surface area contributed by atoms with E-state index >= 15 is 0 Å². The molecule has 6 nitrogen and oxygen atoms in total. The number of nitrogens with one attached hydrogen (secondary N) is 2. The van der Waals surface area contributed by atoms with Crippen molar-refractivity contribution in [3.63, 3.8) is 0 Å². The highest BCUT2D eigenvalue weighted by Gasteiger charge is 2.18. The monoisotopic (exact) mass is 525 g/mol. The Kier molecular flexibility index (Phi) is 13.1. The van der Waals surface area contributed by atoms with Crippen LogP contribution in [0.25, 0.3) is 0 Å². The van der Waals surface area contributed by atoms with Crippen LogP contribution in [0, 0.1) is 0 Å². The normalized spacial score (nSPS) is 12.2. The van der Waals surface area contributed by atoms with E-state index in [0.717, 1.165) is 50.0 Å². The number of aromatic nitrogens is 1. The highest BCUT2D eigenvalue weighted by atomic mass is 127. The minimum Gasteiger partial charge on any atom is -0.497 e. The molecule has 1 heterocycles. The van der Waals surface area contributed by atoms with E-state index in [1.807, 2.05) is 36.5 Å². The first-order chi connectivity index (χ1) is 14.2. The Morgan fingerprint density at radius 2 is 1.90 bits per heavy atom. The number of halogens is 1. The van der Waals surface area contributed by atoms with Crippen LogP contribution in [-0.4, -0.2) is 55.7 Å². The zero-order chi connectivity index (χ0) is 20.9. The minimum atomic E-state index is 0. The molecule has 30 heavy (non-hydrogen) atoms. The zero-order valence-electron chi connectivity index (χ0n) is 18.6. The second-order valence-electron chi connectivity index (χ2n) is 6.73. The van der Waals surface area contributed by atoms with Gasteiger partial charge in [0, 0.05) is 31.4 Å². The maximum Gasteiger partial charge on any atom is 0.191 e. The summed E-state index contributed by atoms with van der Waals surface area (Å²) in [6.45, 7) is 10.7. The highest BCUT2D eigenvalue weighted by Crippen LogP contribution is 2.24. The molecule has 7 heteroatoms. The third kappa shape index (κ3) is 8.47. The first kappa shape index (κ1) is 26.2. The molecule has 0 radical (unpaired) electrons. The first-order valence-electron chi connectivity index (χ1n) is 10.5. The van der Waals surface area contributed by atoms with Crippen LogP contribution in [0.1, 0.15) is 38.1 Å². The lowest BCUT2D eigenvalue weighted by Gasteiger charge is -2.29. The third-order valence-corrected chi connectivity index (χ3v) is 4.90. The van der Waals surface area contributed by atoms with Gasteiger partial charge in [-0.3, -0.25) is 14.9 Å². The van der Waals surface area contributed by atoms with Crippen molar-refractivity contribution in [2.24, 2.45) is 4.99 Å². The molecule has 1 aromatic carbocycles. The summed E-state index contributed by atoms with van der Waals surface area (Å²) in [6, 6.07) is 14.5. The topological polar surface area (TPSA) is 61.8 Å². The van der Waals surface area contributed by atoms with Gasteiger partial charge in [-0.1, -0.05) is 32.0 Å². The van der Waals surface area contributed by atoms with Gasteiger partial charge in [0.25, 0.3) is 0 Å². The maximum absolute atomic E-state index is 5.43. The van der Waals surface area contributed by atoms with Crippen LogP contribution in [0.4, 0.5) is 0 Å². The van der Waals surface area contributed by atoms with Crippen LogP contribution in [-0.2, 0) is 6.42 Å². The standard InChI is InChI=1S/C23H35N5O.HI/c1-5-24-23(26-16-14-20-12-8-9-15-25-20)27-18-22(28(6-2)7-3)19-11-10-13-21(17-19)29-4;/h8-13,15,17,22H,5-7,14,16,18H2,1-4H3,(H2,24,26,27);1H. The van der Waals surface area contributed by atoms with Crippen molar-refractivity contribution >= 4 is 29.9 Å². The van der Waals surface area contributed by atoms with Crippen molar-refractivity contribution in [2.45, 2.75) is 33.2 Å². The number of methoxy groups -OCH3 is 1. The second kappa shape index (κ2) is 15.0. The molecule has 166 valence electrons. The van der Waals surface area contributed by atoms with E-state index in [-0.39, 0.29) is 30.0 Å². The molecule has 0 spiro atoms. The van der Waals surface area contributed by atoms with Gasteiger partial charge in [0.05, 0.1) is 19.7 Å². The number of aliphatic imine (C=N–C) groups is 1. The van der Waals surface area contributed by atoms with Crippen LogP contribution in [0.3, 0.4) is 0 Å². The number of hydrogen-bond acceptors (Lipinski definition) is 4. The van der Waals surface area contributed by atoms with E-state index in [2.05, 4.69) is 53.4 Å². The molecular formula is C23H36IN5O. The summed E-state index contributed by atoms with van der Waals surface area (Å²) >= 11 is 0. The molecule has 1 aromatic heterocycles. The number of rotatable bonds is 11.